The van der Waals surface area contributed by atoms with Crippen molar-refractivity contribution in [2.75, 3.05) is 0 Å². The zero-order valence-corrected chi connectivity index (χ0v) is 11.7. The minimum atomic E-state index is 0.601. The summed E-state index contributed by atoms with van der Waals surface area (Å²) in [6.07, 6.45) is 3.36. The first-order valence-corrected chi connectivity index (χ1v) is 6.63. The average Bonchev–Trinajstić information content (AvgIpc) is 2.26. The van der Waals surface area contributed by atoms with E-state index in [1.807, 2.05) is 0 Å². The van der Waals surface area contributed by atoms with Gasteiger partial charge in [-0.25, -0.2) is 9.97 Å². The van der Waals surface area contributed by atoms with Gasteiger partial charge in [0.25, 0.3) is 0 Å². The van der Waals surface area contributed by atoms with Crippen molar-refractivity contribution in [3.8, 4) is 0 Å². The number of hydrogen-bond acceptors (Lipinski definition) is 3. The molecular formula is C10H5BrCl2N2S. The molecule has 0 radical (unpaired) electrons. The Morgan fingerprint density at radius 2 is 1.62 bits per heavy atom. The molecule has 0 aliphatic heterocycles. The average molecular weight is 336 g/mol. The van der Waals surface area contributed by atoms with E-state index in [4.69, 9.17) is 23.2 Å². The highest BCUT2D eigenvalue weighted by molar-refractivity contribution is 9.10. The van der Waals surface area contributed by atoms with Crippen LogP contribution in [0.25, 0.3) is 0 Å². The molecule has 0 unspecified atom stereocenters. The Kier molecular flexibility index (Phi) is 4.08. The highest BCUT2D eigenvalue weighted by atomic mass is 79.9. The van der Waals surface area contributed by atoms with E-state index in [0.717, 1.165) is 9.37 Å². The fourth-order valence-electron chi connectivity index (χ4n) is 1.02. The zero-order chi connectivity index (χ0) is 11.5. The molecule has 1 aromatic carbocycles. The van der Waals surface area contributed by atoms with Gasteiger partial charge in [0.05, 0.1) is 19.4 Å². The summed E-state index contributed by atoms with van der Waals surface area (Å²) in [6, 6.07) is 5.38. The Bertz CT molecular complexity index is 484. The first-order valence-electron chi connectivity index (χ1n) is 4.26. The number of aromatic nitrogens is 2. The van der Waals surface area contributed by atoms with Crippen molar-refractivity contribution >= 4 is 50.9 Å². The van der Waals surface area contributed by atoms with Crippen molar-refractivity contribution < 1.29 is 0 Å². The fraction of sp³-hybridized carbons (Fsp3) is 0. The number of rotatable bonds is 2. The lowest BCUT2D eigenvalue weighted by Gasteiger charge is -2.04. The lowest BCUT2D eigenvalue weighted by atomic mass is 10.4. The maximum Gasteiger partial charge on any atom is 0.192 e. The van der Waals surface area contributed by atoms with Crippen LogP contribution >= 0.6 is 50.9 Å². The Morgan fingerprint density at radius 1 is 1.06 bits per heavy atom. The van der Waals surface area contributed by atoms with Crippen LogP contribution in [0.15, 0.2) is 45.1 Å². The van der Waals surface area contributed by atoms with E-state index < -0.39 is 0 Å². The predicted octanol–water partition coefficient (Wildman–Crippen LogP) is 4.70. The molecule has 1 heterocycles. The Hall–Kier alpha value is -0.290. The minimum Gasteiger partial charge on any atom is -0.230 e. The molecule has 0 spiro atoms. The van der Waals surface area contributed by atoms with Gasteiger partial charge in [0.15, 0.2) is 5.16 Å². The molecule has 2 rings (SSSR count). The van der Waals surface area contributed by atoms with Crippen molar-refractivity contribution in [2.24, 2.45) is 0 Å². The largest absolute Gasteiger partial charge is 0.230 e. The summed E-state index contributed by atoms with van der Waals surface area (Å²) in [5.74, 6) is 0. The van der Waals surface area contributed by atoms with Gasteiger partial charge in [0.1, 0.15) is 0 Å². The Morgan fingerprint density at radius 3 is 2.19 bits per heavy atom. The highest BCUT2D eigenvalue weighted by Crippen LogP contribution is 2.36. The van der Waals surface area contributed by atoms with Crippen LogP contribution in [0.2, 0.25) is 10.0 Å². The summed E-state index contributed by atoms with van der Waals surface area (Å²) >= 11 is 16.7. The van der Waals surface area contributed by atoms with Crippen LogP contribution in [0, 0.1) is 0 Å². The second-order valence-corrected chi connectivity index (χ2v) is 5.54. The maximum absolute atomic E-state index is 6.04. The van der Waals surface area contributed by atoms with Crippen molar-refractivity contribution in [2.45, 2.75) is 10.1 Å². The van der Waals surface area contributed by atoms with Gasteiger partial charge < -0.3 is 0 Å². The lowest BCUT2D eigenvalue weighted by Crippen LogP contribution is -1.85. The highest BCUT2D eigenvalue weighted by Gasteiger charge is 2.08. The van der Waals surface area contributed by atoms with Crippen LogP contribution in [0.5, 0.6) is 0 Å². The van der Waals surface area contributed by atoms with E-state index in [0.29, 0.717) is 15.2 Å². The molecule has 0 aliphatic carbocycles. The van der Waals surface area contributed by atoms with E-state index in [1.54, 1.807) is 30.6 Å². The number of nitrogens with zero attached hydrogens (tertiary/aromatic N) is 2. The van der Waals surface area contributed by atoms with E-state index in [2.05, 4.69) is 25.9 Å². The fourth-order valence-corrected chi connectivity index (χ4v) is 2.58. The van der Waals surface area contributed by atoms with E-state index >= 15 is 0 Å². The van der Waals surface area contributed by atoms with Crippen molar-refractivity contribution in [1.82, 2.24) is 9.97 Å². The molecule has 0 amide bonds. The lowest BCUT2D eigenvalue weighted by molar-refractivity contribution is 0.958. The van der Waals surface area contributed by atoms with Gasteiger partial charge >= 0.3 is 0 Å². The third-order valence-electron chi connectivity index (χ3n) is 1.71. The first-order chi connectivity index (χ1) is 7.66. The van der Waals surface area contributed by atoms with Gasteiger partial charge in [-0.3, -0.25) is 0 Å². The third kappa shape index (κ3) is 2.88. The molecule has 82 valence electrons. The molecule has 0 N–H and O–H groups in total. The number of benzene rings is 1. The van der Waals surface area contributed by atoms with Crippen molar-refractivity contribution in [3.63, 3.8) is 0 Å². The van der Waals surface area contributed by atoms with Gasteiger partial charge in [-0.1, -0.05) is 29.3 Å². The second kappa shape index (κ2) is 5.36. The molecule has 0 bridgehead atoms. The van der Waals surface area contributed by atoms with Gasteiger partial charge in [-0.15, -0.1) is 0 Å². The monoisotopic (exact) mass is 334 g/mol. The molecule has 16 heavy (non-hydrogen) atoms. The van der Waals surface area contributed by atoms with Crippen LogP contribution in [-0.4, -0.2) is 9.97 Å². The van der Waals surface area contributed by atoms with E-state index in [1.165, 1.54) is 11.8 Å². The second-order valence-electron chi connectivity index (χ2n) is 2.84. The Labute approximate surface area is 116 Å². The summed E-state index contributed by atoms with van der Waals surface area (Å²) < 4.78 is 0.835. The first kappa shape index (κ1) is 12.2. The van der Waals surface area contributed by atoms with E-state index in [9.17, 15) is 0 Å². The topological polar surface area (TPSA) is 25.8 Å². The van der Waals surface area contributed by atoms with E-state index in [-0.39, 0.29) is 0 Å². The molecule has 0 saturated carbocycles. The number of halogens is 3. The minimum absolute atomic E-state index is 0.601. The summed E-state index contributed by atoms with van der Waals surface area (Å²) in [4.78, 5) is 9.06. The van der Waals surface area contributed by atoms with Crippen LogP contribution in [0.1, 0.15) is 0 Å². The van der Waals surface area contributed by atoms with Crippen LogP contribution in [0.3, 0.4) is 0 Å². The smallest absolute Gasteiger partial charge is 0.192 e. The van der Waals surface area contributed by atoms with Gasteiger partial charge in [-0.2, -0.15) is 0 Å². The SMILES string of the molecule is Clc1cccc(Cl)c1Sc1ncc(Br)cn1. The third-order valence-corrected chi connectivity index (χ3v) is 4.01. The standard InChI is InChI=1S/C10H5BrCl2N2S/c11-6-4-14-10(15-5-6)16-9-7(12)2-1-3-8(9)13/h1-5H. The normalized spacial score (nSPS) is 10.4. The molecule has 6 heteroatoms. The molecule has 1 aromatic heterocycles. The molecule has 0 aliphatic rings. The maximum atomic E-state index is 6.04. The Balaban J connectivity index is 2.30. The summed E-state index contributed by atoms with van der Waals surface area (Å²) in [5, 5.41) is 1.81. The van der Waals surface area contributed by atoms with Crippen LogP contribution < -0.4 is 0 Å². The molecule has 2 nitrogen and oxygen atoms in total. The summed E-state index contributed by atoms with van der Waals surface area (Å²) in [6.45, 7) is 0. The molecule has 2 aromatic rings. The van der Waals surface area contributed by atoms with Crippen molar-refractivity contribution in [1.29, 1.82) is 0 Å². The predicted molar refractivity (Wildman–Crippen MR) is 70.3 cm³/mol. The molecule has 0 fully saturated rings. The van der Waals surface area contributed by atoms with Gasteiger partial charge in [0, 0.05) is 12.4 Å². The van der Waals surface area contributed by atoms with Crippen molar-refractivity contribution in [3.05, 3.63) is 45.1 Å². The summed E-state index contributed by atoms with van der Waals surface area (Å²) in [5.41, 5.74) is 0. The van der Waals surface area contributed by atoms with Gasteiger partial charge in [0.2, 0.25) is 0 Å². The van der Waals surface area contributed by atoms with Crippen LogP contribution in [-0.2, 0) is 0 Å². The molecular weight excluding hydrogens is 331 g/mol. The zero-order valence-electron chi connectivity index (χ0n) is 7.82. The van der Waals surface area contributed by atoms with Crippen LogP contribution in [0.4, 0.5) is 0 Å². The molecule has 0 atom stereocenters. The molecule has 0 saturated heterocycles. The number of hydrogen-bond donors (Lipinski definition) is 0. The quantitative estimate of drug-likeness (QED) is 0.744. The summed E-state index contributed by atoms with van der Waals surface area (Å²) in [7, 11) is 0. The van der Waals surface area contributed by atoms with Gasteiger partial charge in [-0.05, 0) is 39.8 Å².